The van der Waals surface area contributed by atoms with Gasteiger partial charge in [-0.1, -0.05) is 41.4 Å². The van der Waals surface area contributed by atoms with Gasteiger partial charge in [-0.05, 0) is 82.5 Å². The van der Waals surface area contributed by atoms with E-state index in [-0.39, 0.29) is 42.1 Å². The maximum atomic E-state index is 13.1. The minimum Gasteiger partial charge on any atom is -0.493 e. The molecule has 2 aromatic rings. The standard InChI is InChI=1S/C26H21Cl2IN2O4/c1-34-21-7-12(6-20(29)24(21)35-11-13-2-3-14(27)8-19(13)28)10-30-31-25(32)22-15-4-5-16(18-9-17(15)18)23(22)26(31)33/h2-8,10,15-18,22-23H,9,11H2,1H3/b30-10-/t15-,16-,17-,18+,22-,23+/m0/s1. The first-order chi connectivity index (χ1) is 16.9. The lowest BCUT2D eigenvalue weighted by molar-refractivity contribution is -0.140. The number of hydrazone groups is 1. The van der Waals surface area contributed by atoms with Crippen LogP contribution in [0.1, 0.15) is 17.5 Å². The van der Waals surface area contributed by atoms with E-state index in [9.17, 15) is 9.59 Å². The Kier molecular flexibility index (Phi) is 5.85. The van der Waals surface area contributed by atoms with Crippen molar-refractivity contribution >= 4 is 63.8 Å². The van der Waals surface area contributed by atoms with E-state index < -0.39 is 0 Å². The van der Waals surface area contributed by atoms with E-state index in [1.165, 1.54) is 6.21 Å². The van der Waals surface area contributed by atoms with Crippen LogP contribution in [0.15, 0.2) is 47.6 Å². The van der Waals surface area contributed by atoms with Crippen molar-refractivity contribution in [3.8, 4) is 11.5 Å². The Morgan fingerprint density at radius 2 is 1.77 bits per heavy atom. The number of hydrogen-bond acceptors (Lipinski definition) is 5. The van der Waals surface area contributed by atoms with Gasteiger partial charge in [-0.2, -0.15) is 10.1 Å². The van der Waals surface area contributed by atoms with Gasteiger partial charge in [0.05, 0.1) is 28.7 Å². The number of halogens is 3. The average Bonchev–Trinajstić information content (AvgIpc) is 3.62. The molecule has 2 saturated carbocycles. The van der Waals surface area contributed by atoms with E-state index in [1.54, 1.807) is 25.3 Å². The summed E-state index contributed by atoms with van der Waals surface area (Å²) in [4.78, 5) is 26.3. The van der Waals surface area contributed by atoms with Crippen molar-refractivity contribution in [2.45, 2.75) is 13.0 Å². The van der Waals surface area contributed by atoms with Crippen molar-refractivity contribution in [2.24, 2.45) is 40.6 Å². The monoisotopic (exact) mass is 622 g/mol. The van der Waals surface area contributed by atoms with Crippen molar-refractivity contribution < 1.29 is 19.1 Å². The summed E-state index contributed by atoms with van der Waals surface area (Å²) in [5, 5.41) is 6.49. The molecule has 2 amide bonds. The summed E-state index contributed by atoms with van der Waals surface area (Å²) in [6.45, 7) is 0.244. The Hall–Kier alpha value is -2.10. The van der Waals surface area contributed by atoms with E-state index in [4.69, 9.17) is 32.7 Å². The molecule has 6 atom stereocenters. The second-order valence-corrected chi connectivity index (χ2v) is 11.5. The van der Waals surface area contributed by atoms with Gasteiger partial charge in [0.15, 0.2) is 11.5 Å². The molecule has 0 N–H and O–H groups in total. The quantitative estimate of drug-likeness (QED) is 0.183. The molecule has 7 rings (SSSR count). The van der Waals surface area contributed by atoms with Crippen LogP contribution in [-0.4, -0.2) is 30.1 Å². The molecule has 1 saturated heterocycles. The maximum absolute atomic E-state index is 13.1. The number of imide groups is 1. The van der Waals surface area contributed by atoms with E-state index in [0.717, 1.165) is 20.6 Å². The van der Waals surface area contributed by atoms with Crippen LogP contribution >= 0.6 is 45.8 Å². The van der Waals surface area contributed by atoms with Crippen molar-refractivity contribution in [1.82, 2.24) is 5.01 Å². The molecule has 1 heterocycles. The molecule has 6 nitrogen and oxygen atoms in total. The molecule has 0 aromatic heterocycles. The molecule has 3 fully saturated rings. The Labute approximate surface area is 226 Å². The highest BCUT2D eigenvalue weighted by Gasteiger charge is 2.67. The highest BCUT2D eigenvalue weighted by Crippen LogP contribution is 2.65. The molecule has 0 spiro atoms. The van der Waals surface area contributed by atoms with E-state index in [1.807, 2.05) is 12.1 Å². The topological polar surface area (TPSA) is 68.2 Å². The summed E-state index contributed by atoms with van der Waals surface area (Å²) in [5.74, 6) is 1.69. The van der Waals surface area contributed by atoms with Gasteiger partial charge in [-0.15, -0.1) is 0 Å². The highest BCUT2D eigenvalue weighted by atomic mass is 127. The fourth-order valence-electron chi connectivity index (χ4n) is 5.92. The van der Waals surface area contributed by atoms with Crippen molar-refractivity contribution in [1.29, 1.82) is 0 Å². The van der Waals surface area contributed by atoms with Crippen LogP contribution in [0.25, 0.3) is 0 Å². The maximum Gasteiger partial charge on any atom is 0.254 e. The highest BCUT2D eigenvalue weighted by molar-refractivity contribution is 14.1. The number of nitrogens with zero attached hydrogens (tertiary/aromatic N) is 2. The normalized spacial score (nSPS) is 30.1. The molecule has 0 radical (unpaired) electrons. The first-order valence-corrected chi connectivity index (χ1v) is 13.2. The van der Waals surface area contributed by atoms with Crippen LogP contribution in [0.5, 0.6) is 11.5 Å². The van der Waals surface area contributed by atoms with Crippen LogP contribution in [0.4, 0.5) is 0 Å². The molecule has 9 heteroatoms. The number of benzene rings is 2. The van der Waals surface area contributed by atoms with Gasteiger partial charge < -0.3 is 9.47 Å². The van der Waals surface area contributed by atoms with E-state index >= 15 is 0 Å². The third-order valence-corrected chi connectivity index (χ3v) is 8.99. The number of methoxy groups -OCH3 is 1. The molecule has 1 aliphatic heterocycles. The summed E-state index contributed by atoms with van der Waals surface area (Å²) in [7, 11) is 1.56. The van der Waals surface area contributed by atoms with Gasteiger partial charge in [0.2, 0.25) is 0 Å². The smallest absolute Gasteiger partial charge is 0.254 e. The average molecular weight is 623 g/mol. The summed E-state index contributed by atoms with van der Waals surface area (Å²) < 4.78 is 12.4. The first kappa shape index (κ1) is 23.3. The zero-order chi connectivity index (χ0) is 24.4. The predicted molar refractivity (Wildman–Crippen MR) is 141 cm³/mol. The molecule has 0 unspecified atom stereocenters. The molecule has 5 aliphatic rings. The van der Waals surface area contributed by atoms with Crippen LogP contribution in [0, 0.1) is 39.1 Å². The summed E-state index contributed by atoms with van der Waals surface area (Å²) in [5.41, 5.74) is 1.50. The number of carbonyl (C=O) groups excluding carboxylic acids is 2. The molecule has 180 valence electrons. The summed E-state index contributed by atoms with van der Waals surface area (Å²) in [6.07, 6.45) is 6.98. The number of rotatable bonds is 6. The Morgan fingerprint density at radius 3 is 2.40 bits per heavy atom. The molecule has 2 bridgehead atoms. The fourth-order valence-corrected chi connectivity index (χ4v) is 7.17. The van der Waals surface area contributed by atoms with Gasteiger partial charge in [0.1, 0.15) is 6.61 Å². The lowest BCUT2D eigenvalue weighted by Crippen LogP contribution is -2.40. The summed E-state index contributed by atoms with van der Waals surface area (Å²) in [6, 6.07) is 8.88. The minimum absolute atomic E-state index is 0.178. The predicted octanol–water partition coefficient (Wildman–Crippen LogP) is 5.57. The number of carbonyl (C=O) groups is 2. The number of amides is 2. The Morgan fingerprint density at radius 1 is 1.09 bits per heavy atom. The lowest BCUT2D eigenvalue weighted by Gasteiger charge is -2.37. The van der Waals surface area contributed by atoms with Crippen molar-refractivity contribution in [3.63, 3.8) is 0 Å². The van der Waals surface area contributed by atoms with Crippen LogP contribution in [-0.2, 0) is 16.2 Å². The van der Waals surface area contributed by atoms with Gasteiger partial charge in [-0.25, -0.2) is 0 Å². The molecule has 4 aliphatic carbocycles. The van der Waals surface area contributed by atoms with Crippen LogP contribution in [0.2, 0.25) is 10.0 Å². The van der Waals surface area contributed by atoms with Crippen LogP contribution < -0.4 is 9.47 Å². The number of ether oxygens (including phenoxy) is 2. The lowest BCUT2D eigenvalue weighted by atomic mass is 9.63. The van der Waals surface area contributed by atoms with E-state index in [2.05, 4.69) is 39.8 Å². The third kappa shape index (κ3) is 3.86. The van der Waals surface area contributed by atoms with Gasteiger partial charge >= 0.3 is 0 Å². The second-order valence-electron chi connectivity index (χ2n) is 9.45. The third-order valence-electron chi connectivity index (χ3n) is 7.60. The zero-order valence-corrected chi connectivity index (χ0v) is 22.3. The van der Waals surface area contributed by atoms with Crippen molar-refractivity contribution in [3.05, 3.63) is 67.2 Å². The van der Waals surface area contributed by atoms with E-state index in [0.29, 0.717) is 38.9 Å². The van der Waals surface area contributed by atoms with Crippen LogP contribution in [0.3, 0.4) is 0 Å². The second kappa shape index (κ2) is 8.78. The molecular weight excluding hydrogens is 602 g/mol. The molecular formula is C26H21Cl2IN2O4. The summed E-state index contributed by atoms with van der Waals surface area (Å²) >= 11 is 14.4. The number of allylic oxidation sites excluding steroid dienone is 2. The minimum atomic E-state index is -0.261. The van der Waals surface area contributed by atoms with Crippen molar-refractivity contribution in [2.75, 3.05) is 7.11 Å². The number of hydrogen-bond donors (Lipinski definition) is 0. The molecule has 35 heavy (non-hydrogen) atoms. The first-order valence-electron chi connectivity index (χ1n) is 11.4. The Bertz CT molecular complexity index is 1280. The largest absolute Gasteiger partial charge is 0.493 e. The van der Waals surface area contributed by atoms with Gasteiger partial charge in [0.25, 0.3) is 11.8 Å². The Balaban J connectivity index is 1.21. The van der Waals surface area contributed by atoms with Gasteiger partial charge in [-0.3, -0.25) is 9.59 Å². The molecule has 2 aromatic carbocycles. The SMILES string of the molecule is COc1cc(/C=N\N2C(=O)[C@@H]3[C@H]4C=C[C@@H]([C@@H]5C[C@H]45)[C@@H]3C2=O)cc(I)c1OCc1ccc(Cl)cc1Cl. The zero-order valence-electron chi connectivity index (χ0n) is 18.7. The fraction of sp³-hybridized carbons (Fsp3) is 0.346. The van der Waals surface area contributed by atoms with Gasteiger partial charge in [0, 0.05) is 15.6 Å².